The Hall–Kier alpha value is -0.340. The average Bonchev–Trinajstić information content (AvgIpc) is 3.45. The van der Waals surface area contributed by atoms with Crippen molar-refractivity contribution in [3.05, 3.63) is 0 Å². The summed E-state index contributed by atoms with van der Waals surface area (Å²) in [5.74, 6) is 0. The normalized spacial score (nSPS) is 18.2. The Balaban J connectivity index is 2.02. The molecule has 0 unspecified atom stereocenters. The fourth-order valence-electron chi connectivity index (χ4n) is 6.99. The quantitative estimate of drug-likeness (QED) is 0.0492. The number of unbranched alkanes of at least 4 members (excludes halogenated alkanes) is 28. The van der Waals surface area contributed by atoms with Crippen molar-refractivity contribution in [3.8, 4) is 0 Å². The summed E-state index contributed by atoms with van der Waals surface area (Å²) < 4.78 is 17.6. The molecule has 1 saturated heterocycles. The lowest BCUT2D eigenvalue weighted by Crippen LogP contribution is -2.43. The van der Waals surface area contributed by atoms with Gasteiger partial charge in [0.15, 0.2) is 22.3 Å². The number of thiocarbonyl (C=S) groups is 2. The van der Waals surface area contributed by atoms with E-state index in [2.05, 4.69) is 13.8 Å². The van der Waals surface area contributed by atoms with Gasteiger partial charge in [-0.05, 0) is 37.3 Å². The summed E-state index contributed by atoms with van der Waals surface area (Å²) in [5.41, 5.74) is 0. The number of aliphatic hydroxyl groups excluding tert-OH is 2. The fraction of sp³-hybridized carbons (Fsp3) is 0.952. The van der Waals surface area contributed by atoms with E-state index in [1.165, 1.54) is 167 Å². The van der Waals surface area contributed by atoms with E-state index in [0.29, 0.717) is 16.5 Å². The zero-order chi connectivity index (χ0) is 35.6. The molecule has 0 spiro atoms. The Morgan fingerprint density at radius 2 is 0.878 bits per heavy atom. The summed E-state index contributed by atoms with van der Waals surface area (Å²) in [5, 5.41) is 21.9. The maximum atomic E-state index is 10.9. The predicted molar refractivity (Wildman–Crippen MR) is 217 cm³/mol. The molecule has 0 saturated carbocycles. The van der Waals surface area contributed by atoms with Gasteiger partial charge in [0.1, 0.15) is 12.2 Å². The molecule has 4 atom stereocenters. The Kier molecular flexibility index (Phi) is 33.1. The van der Waals surface area contributed by atoms with Crippen molar-refractivity contribution in [2.75, 3.05) is 13.2 Å². The minimum absolute atomic E-state index is 0.233. The first-order valence-electron chi connectivity index (χ1n) is 21.3. The third kappa shape index (κ3) is 27.0. The topological polar surface area (TPSA) is 68.2 Å². The van der Waals surface area contributed by atoms with Gasteiger partial charge >= 0.3 is 0 Å². The molecule has 5 nitrogen and oxygen atoms in total. The van der Waals surface area contributed by atoms with Crippen LogP contribution in [0.3, 0.4) is 0 Å². The van der Waals surface area contributed by atoms with Gasteiger partial charge < -0.3 is 24.4 Å². The average molecular weight is 729 g/mol. The highest BCUT2D eigenvalue weighted by Gasteiger charge is 2.43. The van der Waals surface area contributed by atoms with Crippen LogP contribution in [0.2, 0.25) is 0 Å². The molecule has 0 amide bonds. The van der Waals surface area contributed by atoms with E-state index in [4.69, 9.17) is 38.6 Å². The highest BCUT2D eigenvalue weighted by Crippen LogP contribution is 2.24. The monoisotopic (exact) mass is 729 g/mol. The molecule has 2 N–H and O–H groups in total. The zero-order valence-electron chi connectivity index (χ0n) is 32.3. The highest BCUT2D eigenvalue weighted by molar-refractivity contribution is 7.80. The standard InChI is InChI=1S/C42H80O5S2/c1-3-5-7-9-11-13-15-17-19-21-23-25-27-29-31-33-39(48)46-37(35-43)42-41(44)38(36-45-42)47-40(49)34-32-30-28-26-24-22-20-18-16-14-12-10-8-6-4-2/h37-38,41-44H,3-36H2,1-2H3/t37-,38+,41-,42-/m0/s1. The van der Waals surface area contributed by atoms with Gasteiger partial charge in [0.25, 0.3) is 0 Å². The van der Waals surface area contributed by atoms with E-state index in [1.807, 2.05) is 0 Å². The van der Waals surface area contributed by atoms with Crippen molar-refractivity contribution < 1.29 is 24.4 Å². The lowest BCUT2D eigenvalue weighted by Gasteiger charge is -2.26. The molecule has 0 aliphatic carbocycles. The number of ether oxygens (including phenoxy) is 3. The van der Waals surface area contributed by atoms with E-state index in [9.17, 15) is 10.2 Å². The first-order chi connectivity index (χ1) is 24.0. The number of rotatable bonds is 36. The van der Waals surface area contributed by atoms with E-state index in [0.717, 1.165) is 32.1 Å². The van der Waals surface area contributed by atoms with Crippen LogP contribution in [0.15, 0.2) is 0 Å². The molecular formula is C42H80O5S2. The number of hydrogen-bond acceptors (Lipinski definition) is 7. The fourth-order valence-corrected chi connectivity index (χ4v) is 7.53. The molecule has 290 valence electrons. The molecular weight excluding hydrogens is 649 g/mol. The third-order valence-electron chi connectivity index (χ3n) is 10.3. The van der Waals surface area contributed by atoms with Crippen LogP contribution in [-0.2, 0) is 14.2 Å². The van der Waals surface area contributed by atoms with Gasteiger partial charge in [0.05, 0.1) is 13.2 Å². The zero-order valence-corrected chi connectivity index (χ0v) is 33.9. The van der Waals surface area contributed by atoms with Crippen molar-refractivity contribution in [2.24, 2.45) is 0 Å². The van der Waals surface area contributed by atoms with E-state index < -0.39 is 24.4 Å². The SMILES string of the molecule is CCCCCCCCCCCCCCCCCC(=S)O[C@@H](CO)[C@@H]1OC[C@@H](OC(=S)CCCCCCCCCCCCCCCCC)[C@@H]1O. The van der Waals surface area contributed by atoms with Gasteiger partial charge in [-0.2, -0.15) is 0 Å². The summed E-state index contributed by atoms with van der Waals surface area (Å²) in [4.78, 5) is 0. The molecule has 49 heavy (non-hydrogen) atoms. The third-order valence-corrected chi connectivity index (χ3v) is 10.9. The first-order valence-corrected chi connectivity index (χ1v) is 22.1. The smallest absolute Gasteiger partial charge is 0.160 e. The lowest BCUT2D eigenvalue weighted by molar-refractivity contribution is -0.0615. The maximum absolute atomic E-state index is 10.9. The summed E-state index contributed by atoms with van der Waals surface area (Å²) in [6, 6.07) is 0. The molecule has 1 fully saturated rings. The largest absolute Gasteiger partial charge is 0.479 e. The summed E-state index contributed by atoms with van der Waals surface area (Å²) >= 11 is 11.0. The highest BCUT2D eigenvalue weighted by atomic mass is 32.1. The van der Waals surface area contributed by atoms with E-state index in [-0.39, 0.29) is 13.2 Å². The molecule has 1 aliphatic rings. The predicted octanol–water partition coefficient (Wildman–Crippen LogP) is 12.7. The maximum Gasteiger partial charge on any atom is 0.160 e. The van der Waals surface area contributed by atoms with Crippen LogP contribution in [0.4, 0.5) is 0 Å². The van der Waals surface area contributed by atoms with Crippen LogP contribution in [0.5, 0.6) is 0 Å². The molecule has 0 aromatic heterocycles. The molecule has 1 rings (SSSR count). The molecule has 1 aliphatic heterocycles. The first kappa shape index (κ1) is 46.7. The van der Waals surface area contributed by atoms with Gasteiger partial charge in [-0.15, -0.1) is 0 Å². The summed E-state index contributed by atoms with van der Waals surface area (Å²) in [7, 11) is 0. The van der Waals surface area contributed by atoms with Crippen LogP contribution in [0.25, 0.3) is 0 Å². The second kappa shape index (κ2) is 34.7. The van der Waals surface area contributed by atoms with Gasteiger partial charge in [0.2, 0.25) is 0 Å². The van der Waals surface area contributed by atoms with Gasteiger partial charge in [0, 0.05) is 12.8 Å². The van der Waals surface area contributed by atoms with Crippen LogP contribution in [0.1, 0.15) is 219 Å². The second-order valence-electron chi connectivity index (χ2n) is 14.9. The molecule has 0 aromatic rings. The molecule has 0 aromatic carbocycles. The minimum Gasteiger partial charge on any atom is -0.479 e. The molecule has 0 radical (unpaired) electrons. The van der Waals surface area contributed by atoms with Crippen molar-refractivity contribution >= 4 is 34.5 Å². The Morgan fingerprint density at radius 1 is 0.551 bits per heavy atom. The van der Waals surface area contributed by atoms with Crippen LogP contribution >= 0.6 is 24.4 Å². The number of hydrogen-bond donors (Lipinski definition) is 2. The molecule has 0 bridgehead atoms. The second-order valence-corrected chi connectivity index (χ2v) is 15.8. The van der Waals surface area contributed by atoms with Gasteiger partial charge in [-0.1, -0.05) is 194 Å². The number of aliphatic hydroxyl groups is 2. The Morgan fingerprint density at radius 3 is 1.22 bits per heavy atom. The van der Waals surface area contributed by atoms with Crippen LogP contribution in [-0.4, -0.2) is 57.9 Å². The van der Waals surface area contributed by atoms with Crippen molar-refractivity contribution in [2.45, 2.75) is 244 Å². The van der Waals surface area contributed by atoms with Crippen molar-refractivity contribution in [3.63, 3.8) is 0 Å². The Bertz CT molecular complexity index is 751. The van der Waals surface area contributed by atoms with E-state index in [1.54, 1.807) is 0 Å². The molecule has 1 heterocycles. The lowest BCUT2D eigenvalue weighted by atomic mass is 10.0. The summed E-state index contributed by atoms with van der Waals surface area (Å²) in [6.45, 7) is 4.52. The van der Waals surface area contributed by atoms with Gasteiger partial charge in [-0.25, -0.2) is 0 Å². The van der Waals surface area contributed by atoms with Crippen molar-refractivity contribution in [1.29, 1.82) is 0 Å². The summed E-state index contributed by atoms with van der Waals surface area (Å²) in [6.07, 6.45) is 38.5. The van der Waals surface area contributed by atoms with E-state index >= 15 is 0 Å². The Labute approximate surface area is 314 Å². The van der Waals surface area contributed by atoms with Crippen LogP contribution < -0.4 is 0 Å². The van der Waals surface area contributed by atoms with Crippen molar-refractivity contribution in [1.82, 2.24) is 0 Å². The van der Waals surface area contributed by atoms with Crippen LogP contribution in [0, 0.1) is 0 Å². The minimum atomic E-state index is -0.912. The van der Waals surface area contributed by atoms with Gasteiger partial charge in [-0.3, -0.25) is 0 Å². The molecule has 7 heteroatoms.